The monoisotopic (exact) mass is 424 g/mol. The summed E-state index contributed by atoms with van der Waals surface area (Å²) in [7, 11) is 1.77. The minimum Gasteiger partial charge on any atom is -0.371 e. The molecule has 1 saturated heterocycles. The molecule has 1 aliphatic heterocycles. The van der Waals surface area contributed by atoms with Gasteiger partial charge in [-0.3, -0.25) is 4.99 Å². The molecule has 30 heavy (non-hydrogen) atoms. The molecule has 7 nitrogen and oxygen atoms in total. The van der Waals surface area contributed by atoms with Crippen LogP contribution in [0.25, 0.3) is 11.4 Å². The van der Waals surface area contributed by atoms with Crippen molar-refractivity contribution >= 4 is 23.2 Å². The second-order valence-electron chi connectivity index (χ2n) is 7.19. The van der Waals surface area contributed by atoms with Crippen molar-refractivity contribution in [1.82, 2.24) is 20.8 Å². The van der Waals surface area contributed by atoms with Crippen molar-refractivity contribution in [3.05, 3.63) is 65.5 Å². The molecule has 4 rings (SSSR count). The molecule has 2 heterocycles. The van der Waals surface area contributed by atoms with Crippen LogP contribution in [0.2, 0.25) is 5.02 Å². The summed E-state index contributed by atoms with van der Waals surface area (Å²) in [5.74, 6) is 1.78. The van der Waals surface area contributed by atoms with E-state index in [-0.39, 0.29) is 0 Å². The Kier molecular flexibility index (Phi) is 6.49. The maximum Gasteiger partial charge on any atom is 0.246 e. The van der Waals surface area contributed by atoms with Gasteiger partial charge < -0.3 is 20.1 Å². The highest BCUT2D eigenvalue weighted by atomic mass is 35.5. The van der Waals surface area contributed by atoms with E-state index in [9.17, 15) is 0 Å². The van der Waals surface area contributed by atoms with Gasteiger partial charge in [-0.2, -0.15) is 4.98 Å². The van der Waals surface area contributed by atoms with Crippen LogP contribution in [0.15, 0.2) is 64.1 Å². The molecule has 0 amide bonds. The summed E-state index contributed by atoms with van der Waals surface area (Å²) < 4.78 is 5.35. The van der Waals surface area contributed by atoms with Gasteiger partial charge in [0.1, 0.15) is 0 Å². The third kappa shape index (κ3) is 5.10. The lowest BCUT2D eigenvalue weighted by Crippen LogP contribution is -2.48. The molecule has 0 saturated carbocycles. The molecular formula is C22H25ClN6O. The van der Waals surface area contributed by atoms with Gasteiger partial charge in [-0.1, -0.05) is 35.0 Å². The van der Waals surface area contributed by atoms with Gasteiger partial charge in [0, 0.05) is 42.5 Å². The first kappa shape index (κ1) is 20.2. The lowest BCUT2D eigenvalue weighted by atomic mass is 10.0. The first-order valence-corrected chi connectivity index (χ1v) is 10.4. The fourth-order valence-corrected chi connectivity index (χ4v) is 3.64. The van der Waals surface area contributed by atoms with Crippen LogP contribution in [-0.4, -0.2) is 42.3 Å². The number of anilines is 1. The van der Waals surface area contributed by atoms with Crippen molar-refractivity contribution in [3.8, 4) is 11.4 Å². The molecule has 3 aromatic rings. The molecule has 1 aromatic heterocycles. The molecule has 0 aliphatic carbocycles. The molecule has 0 bridgehead atoms. The maximum atomic E-state index is 5.93. The summed E-state index contributed by atoms with van der Waals surface area (Å²) in [6.45, 7) is 2.45. The van der Waals surface area contributed by atoms with Gasteiger partial charge in [0.25, 0.3) is 0 Å². The number of nitrogens with zero attached hydrogens (tertiary/aromatic N) is 4. The molecule has 8 heteroatoms. The predicted molar refractivity (Wildman–Crippen MR) is 120 cm³/mol. The maximum absolute atomic E-state index is 5.93. The van der Waals surface area contributed by atoms with Gasteiger partial charge in [-0.15, -0.1) is 0 Å². The van der Waals surface area contributed by atoms with Crippen LogP contribution in [-0.2, 0) is 6.54 Å². The van der Waals surface area contributed by atoms with Crippen LogP contribution < -0.4 is 15.5 Å². The van der Waals surface area contributed by atoms with E-state index >= 15 is 0 Å². The predicted octanol–water partition coefficient (Wildman–Crippen LogP) is 3.72. The Morgan fingerprint density at radius 2 is 1.87 bits per heavy atom. The number of para-hydroxylation sites is 1. The minimum atomic E-state index is 0.378. The van der Waals surface area contributed by atoms with E-state index < -0.39 is 0 Å². The SMILES string of the molecule is CN=C(NCc1nc(-c2ccc(Cl)cc2)no1)NC1CCN(c2ccccc2)CC1. The lowest BCUT2D eigenvalue weighted by molar-refractivity contribution is 0.374. The number of guanidine groups is 1. The molecule has 0 spiro atoms. The Morgan fingerprint density at radius 1 is 1.13 bits per heavy atom. The van der Waals surface area contributed by atoms with E-state index in [1.165, 1.54) is 5.69 Å². The highest BCUT2D eigenvalue weighted by molar-refractivity contribution is 6.30. The van der Waals surface area contributed by atoms with Gasteiger partial charge in [0.2, 0.25) is 11.7 Å². The second kappa shape index (κ2) is 9.63. The van der Waals surface area contributed by atoms with Crippen molar-refractivity contribution in [1.29, 1.82) is 0 Å². The average molecular weight is 425 g/mol. The lowest BCUT2D eigenvalue weighted by Gasteiger charge is -2.34. The van der Waals surface area contributed by atoms with Crippen molar-refractivity contribution in [3.63, 3.8) is 0 Å². The zero-order valence-corrected chi connectivity index (χ0v) is 17.6. The molecule has 1 aliphatic rings. The Hall–Kier alpha value is -3.06. The Labute approximate surface area is 181 Å². The van der Waals surface area contributed by atoms with E-state index in [0.29, 0.717) is 29.3 Å². The van der Waals surface area contributed by atoms with E-state index in [0.717, 1.165) is 37.5 Å². The molecule has 156 valence electrons. The summed E-state index contributed by atoms with van der Waals surface area (Å²) in [6, 6.07) is 18.3. The molecule has 2 aromatic carbocycles. The van der Waals surface area contributed by atoms with E-state index in [4.69, 9.17) is 16.1 Å². The van der Waals surface area contributed by atoms with Gasteiger partial charge in [0.05, 0.1) is 6.54 Å². The van der Waals surface area contributed by atoms with Gasteiger partial charge in [-0.25, -0.2) is 0 Å². The first-order valence-electron chi connectivity index (χ1n) is 10.1. The van der Waals surface area contributed by atoms with Crippen LogP contribution in [0.1, 0.15) is 18.7 Å². The highest BCUT2D eigenvalue weighted by Gasteiger charge is 2.20. The van der Waals surface area contributed by atoms with Crippen molar-refractivity contribution < 1.29 is 4.52 Å². The van der Waals surface area contributed by atoms with Crippen LogP contribution in [0.3, 0.4) is 0 Å². The number of benzene rings is 2. The standard InChI is InChI=1S/C22H25ClN6O/c1-24-22(26-18-11-13-29(14-12-18)19-5-3-2-4-6-19)25-15-20-27-21(28-30-20)16-7-9-17(23)10-8-16/h2-10,18H,11-15H2,1H3,(H2,24,25,26). The fourth-order valence-electron chi connectivity index (χ4n) is 3.51. The average Bonchev–Trinajstić information content (AvgIpc) is 3.27. The fraction of sp³-hybridized carbons (Fsp3) is 0.318. The molecule has 0 radical (unpaired) electrons. The number of hydrogen-bond donors (Lipinski definition) is 2. The van der Waals surface area contributed by atoms with E-state index in [1.54, 1.807) is 19.2 Å². The zero-order valence-electron chi connectivity index (χ0n) is 16.9. The first-order chi connectivity index (χ1) is 14.7. The van der Waals surface area contributed by atoms with Crippen LogP contribution in [0, 0.1) is 0 Å². The van der Waals surface area contributed by atoms with E-state index in [2.05, 4.69) is 61.0 Å². The number of aromatic nitrogens is 2. The Morgan fingerprint density at radius 3 is 2.57 bits per heavy atom. The Balaban J connectivity index is 1.26. The Bertz CT molecular complexity index is 965. The third-order valence-corrected chi connectivity index (χ3v) is 5.41. The van der Waals surface area contributed by atoms with E-state index in [1.807, 2.05) is 12.1 Å². The quantitative estimate of drug-likeness (QED) is 0.480. The normalized spacial score (nSPS) is 15.3. The molecule has 1 fully saturated rings. The largest absolute Gasteiger partial charge is 0.371 e. The van der Waals surface area contributed by atoms with Crippen molar-refractivity contribution in [2.24, 2.45) is 4.99 Å². The van der Waals surface area contributed by atoms with Crippen LogP contribution >= 0.6 is 11.6 Å². The number of rotatable bonds is 5. The zero-order chi connectivity index (χ0) is 20.8. The highest BCUT2D eigenvalue weighted by Crippen LogP contribution is 2.20. The van der Waals surface area contributed by atoms with Gasteiger partial charge in [0.15, 0.2) is 5.96 Å². The number of halogens is 1. The van der Waals surface area contributed by atoms with Crippen LogP contribution in [0.4, 0.5) is 5.69 Å². The smallest absolute Gasteiger partial charge is 0.246 e. The summed E-state index contributed by atoms with van der Waals surface area (Å²) in [4.78, 5) is 11.2. The molecule has 0 atom stereocenters. The molecule has 2 N–H and O–H groups in total. The second-order valence-corrected chi connectivity index (χ2v) is 7.62. The number of nitrogens with one attached hydrogen (secondary N) is 2. The summed E-state index contributed by atoms with van der Waals surface area (Å²) in [5, 5.41) is 11.5. The third-order valence-electron chi connectivity index (χ3n) is 5.16. The van der Waals surface area contributed by atoms with Crippen molar-refractivity contribution in [2.45, 2.75) is 25.4 Å². The van der Waals surface area contributed by atoms with Gasteiger partial charge >= 0.3 is 0 Å². The molecular weight excluding hydrogens is 400 g/mol. The number of hydrogen-bond acceptors (Lipinski definition) is 5. The summed E-state index contributed by atoms with van der Waals surface area (Å²) in [6.07, 6.45) is 2.10. The minimum absolute atomic E-state index is 0.378. The topological polar surface area (TPSA) is 78.6 Å². The molecule has 0 unspecified atom stereocenters. The van der Waals surface area contributed by atoms with Crippen LogP contribution in [0.5, 0.6) is 0 Å². The van der Waals surface area contributed by atoms with Gasteiger partial charge in [-0.05, 0) is 49.2 Å². The number of aliphatic imine (C=N–C) groups is 1. The summed E-state index contributed by atoms with van der Waals surface area (Å²) >= 11 is 5.93. The number of piperidine rings is 1. The van der Waals surface area contributed by atoms with Crippen molar-refractivity contribution in [2.75, 3.05) is 25.0 Å². The summed E-state index contributed by atoms with van der Waals surface area (Å²) in [5.41, 5.74) is 2.15.